The molecule has 0 bridgehead atoms. The Bertz CT molecular complexity index is 736. The number of carbonyl (C=O) groups excluding carboxylic acids is 1. The van der Waals surface area contributed by atoms with Crippen LogP contribution in [0.5, 0.6) is 0 Å². The Labute approximate surface area is 137 Å². The van der Waals surface area contributed by atoms with Crippen molar-refractivity contribution in [1.29, 1.82) is 0 Å². The fourth-order valence-corrected chi connectivity index (χ4v) is 1.88. The van der Waals surface area contributed by atoms with Crippen molar-refractivity contribution < 1.29 is 13.6 Å². The number of amides is 1. The van der Waals surface area contributed by atoms with E-state index < -0.39 is 24.9 Å². The van der Waals surface area contributed by atoms with Crippen molar-refractivity contribution in [2.75, 3.05) is 13.1 Å². The Morgan fingerprint density at radius 1 is 1.35 bits per heavy atom. The Kier molecular flexibility index (Phi) is 6.59. The van der Waals surface area contributed by atoms with Gasteiger partial charge in [0, 0.05) is 13.0 Å². The smallest absolute Gasteiger partial charge is 0.277 e. The Hall–Kier alpha value is -2.06. The minimum absolute atomic E-state index is 0. The van der Waals surface area contributed by atoms with E-state index in [1.807, 2.05) is 0 Å². The average Bonchev–Trinajstić information content (AvgIpc) is 2.53. The van der Waals surface area contributed by atoms with Gasteiger partial charge in [-0.3, -0.25) is 14.2 Å². The lowest BCUT2D eigenvalue weighted by Gasteiger charge is -2.14. The molecule has 0 unspecified atom stereocenters. The number of para-hydroxylation sites is 1. The average molecular weight is 347 g/mol. The van der Waals surface area contributed by atoms with Crippen molar-refractivity contribution >= 4 is 29.2 Å². The molecule has 23 heavy (non-hydrogen) atoms. The molecule has 0 fully saturated rings. The minimum atomic E-state index is -3.13. The number of rotatable bonds is 6. The number of nitrogens with zero attached hydrogens (tertiary/aromatic N) is 2. The van der Waals surface area contributed by atoms with Crippen LogP contribution in [0, 0.1) is 0 Å². The van der Waals surface area contributed by atoms with Gasteiger partial charge in [0.25, 0.3) is 11.5 Å². The summed E-state index contributed by atoms with van der Waals surface area (Å²) in [6, 6.07) is 6.84. The highest BCUT2D eigenvalue weighted by Gasteiger charge is 2.26. The van der Waals surface area contributed by atoms with Crippen LogP contribution in [0.2, 0.25) is 0 Å². The molecule has 1 heterocycles. The third-order valence-electron chi connectivity index (χ3n) is 3.15. The van der Waals surface area contributed by atoms with E-state index in [0.717, 1.165) is 0 Å². The zero-order valence-electron chi connectivity index (χ0n) is 12.2. The highest BCUT2D eigenvalue weighted by Crippen LogP contribution is 2.08. The van der Waals surface area contributed by atoms with E-state index in [9.17, 15) is 18.4 Å². The lowest BCUT2D eigenvalue weighted by molar-refractivity contribution is -0.123. The van der Waals surface area contributed by atoms with E-state index in [1.165, 1.54) is 10.9 Å². The zero-order valence-corrected chi connectivity index (χ0v) is 13.0. The molecule has 1 aromatic carbocycles. The van der Waals surface area contributed by atoms with Gasteiger partial charge in [-0.2, -0.15) is 0 Å². The first-order chi connectivity index (χ1) is 10.4. The van der Waals surface area contributed by atoms with Crippen molar-refractivity contribution in [3.63, 3.8) is 0 Å². The molecule has 9 heteroatoms. The molecule has 0 atom stereocenters. The molecule has 0 spiro atoms. The van der Waals surface area contributed by atoms with Crippen molar-refractivity contribution in [2.24, 2.45) is 5.73 Å². The summed E-state index contributed by atoms with van der Waals surface area (Å²) < 4.78 is 27.1. The zero-order chi connectivity index (χ0) is 16.2. The van der Waals surface area contributed by atoms with Crippen molar-refractivity contribution in [2.45, 2.75) is 18.9 Å². The maximum atomic E-state index is 12.9. The summed E-state index contributed by atoms with van der Waals surface area (Å²) in [7, 11) is 0. The van der Waals surface area contributed by atoms with Gasteiger partial charge in [-0.1, -0.05) is 12.1 Å². The van der Waals surface area contributed by atoms with Gasteiger partial charge >= 0.3 is 0 Å². The normalized spacial score (nSPS) is 11.1. The van der Waals surface area contributed by atoms with E-state index >= 15 is 0 Å². The van der Waals surface area contributed by atoms with Crippen LogP contribution in [0.15, 0.2) is 35.4 Å². The molecule has 0 saturated carbocycles. The minimum Gasteiger partial charge on any atom is -0.350 e. The van der Waals surface area contributed by atoms with Gasteiger partial charge in [-0.05, 0) is 12.1 Å². The predicted molar refractivity (Wildman–Crippen MR) is 84.9 cm³/mol. The van der Waals surface area contributed by atoms with Gasteiger partial charge in [0.05, 0.1) is 30.3 Å². The second-order valence-electron chi connectivity index (χ2n) is 4.85. The first kappa shape index (κ1) is 19.0. The van der Waals surface area contributed by atoms with Crippen LogP contribution in [0.25, 0.3) is 10.9 Å². The summed E-state index contributed by atoms with van der Waals surface area (Å²) in [5, 5.41) is 2.54. The molecular formula is C14H17ClF2N4O2. The number of hydrogen-bond donors (Lipinski definition) is 2. The van der Waals surface area contributed by atoms with Crippen LogP contribution in [-0.2, 0) is 11.3 Å². The Morgan fingerprint density at radius 3 is 2.74 bits per heavy atom. The number of benzene rings is 1. The number of aromatic nitrogens is 2. The van der Waals surface area contributed by atoms with Crippen molar-refractivity contribution in [1.82, 2.24) is 14.9 Å². The number of fused-ring (bicyclic) bond motifs is 1. The van der Waals surface area contributed by atoms with E-state index in [0.29, 0.717) is 10.9 Å². The molecule has 126 valence electrons. The highest BCUT2D eigenvalue weighted by molar-refractivity contribution is 5.85. The molecule has 0 radical (unpaired) electrons. The number of nitrogens with two attached hydrogens (primary N) is 1. The van der Waals surface area contributed by atoms with Gasteiger partial charge in [-0.25, -0.2) is 13.8 Å². The van der Waals surface area contributed by atoms with E-state index in [1.54, 1.807) is 24.3 Å². The lowest BCUT2D eigenvalue weighted by Crippen LogP contribution is -2.41. The molecule has 0 aliphatic heterocycles. The number of hydrogen-bond acceptors (Lipinski definition) is 4. The SMILES string of the molecule is Cl.NCC(F)(F)CNC(=O)CCn1cnc2ccccc2c1=O. The van der Waals surface area contributed by atoms with Crippen LogP contribution >= 0.6 is 12.4 Å². The molecule has 2 aromatic rings. The molecule has 0 saturated heterocycles. The second kappa shape index (κ2) is 7.98. The van der Waals surface area contributed by atoms with Crippen molar-refractivity contribution in [3.05, 3.63) is 40.9 Å². The van der Waals surface area contributed by atoms with Crippen LogP contribution < -0.4 is 16.6 Å². The Morgan fingerprint density at radius 2 is 2.04 bits per heavy atom. The lowest BCUT2D eigenvalue weighted by atomic mass is 10.2. The molecule has 2 rings (SSSR count). The van der Waals surface area contributed by atoms with E-state index in [4.69, 9.17) is 5.73 Å². The van der Waals surface area contributed by atoms with Gasteiger partial charge in [0.2, 0.25) is 5.91 Å². The fraction of sp³-hybridized carbons (Fsp3) is 0.357. The monoisotopic (exact) mass is 346 g/mol. The Balaban J connectivity index is 0.00000264. The summed E-state index contributed by atoms with van der Waals surface area (Å²) in [5.41, 5.74) is 5.17. The number of aryl methyl sites for hydroxylation is 1. The van der Waals surface area contributed by atoms with E-state index in [2.05, 4.69) is 10.3 Å². The van der Waals surface area contributed by atoms with Crippen LogP contribution in [0.4, 0.5) is 8.78 Å². The molecule has 0 aliphatic rings. The fourth-order valence-electron chi connectivity index (χ4n) is 1.88. The quantitative estimate of drug-likeness (QED) is 0.813. The predicted octanol–water partition coefficient (Wildman–Crippen LogP) is 0.919. The largest absolute Gasteiger partial charge is 0.350 e. The maximum Gasteiger partial charge on any atom is 0.277 e. The molecular weight excluding hydrogens is 330 g/mol. The van der Waals surface area contributed by atoms with Gasteiger partial charge in [-0.15, -0.1) is 12.4 Å². The topological polar surface area (TPSA) is 90.0 Å². The first-order valence-electron chi connectivity index (χ1n) is 6.72. The van der Waals surface area contributed by atoms with Gasteiger partial charge in [0.1, 0.15) is 0 Å². The molecule has 3 N–H and O–H groups in total. The number of nitrogens with one attached hydrogen (secondary N) is 1. The van der Waals surface area contributed by atoms with Gasteiger partial charge in [0.15, 0.2) is 0 Å². The molecule has 0 aliphatic carbocycles. The second-order valence-corrected chi connectivity index (χ2v) is 4.85. The standard InChI is InChI=1S/C14H16F2N4O2.ClH/c15-14(16,7-17)8-18-12(21)5-6-20-9-19-11-4-2-1-3-10(11)13(20)22;/h1-4,9H,5-8,17H2,(H,18,21);1H. The van der Waals surface area contributed by atoms with Crippen molar-refractivity contribution in [3.8, 4) is 0 Å². The molecule has 1 aromatic heterocycles. The summed E-state index contributed by atoms with van der Waals surface area (Å²) >= 11 is 0. The van der Waals surface area contributed by atoms with Crippen LogP contribution in [-0.4, -0.2) is 34.5 Å². The number of halogens is 3. The van der Waals surface area contributed by atoms with Crippen LogP contribution in [0.3, 0.4) is 0 Å². The van der Waals surface area contributed by atoms with E-state index in [-0.39, 0.29) is 30.9 Å². The van der Waals surface area contributed by atoms with Crippen LogP contribution in [0.1, 0.15) is 6.42 Å². The summed E-state index contributed by atoms with van der Waals surface area (Å²) in [6.45, 7) is -1.58. The molecule has 6 nitrogen and oxygen atoms in total. The maximum absolute atomic E-state index is 12.9. The summed E-state index contributed by atoms with van der Waals surface area (Å²) in [4.78, 5) is 27.8. The number of alkyl halides is 2. The number of carbonyl (C=O) groups is 1. The third-order valence-corrected chi connectivity index (χ3v) is 3.15. The summed E-state index contributed by atoms with van der Waals surface area (Å²) in [6.07, 6.45) is 1.24. The summed E-state index contributed by atoms with van der Waals surface area (Å²) in [5.74, 6) is -3.70. The third kappa shape index (κ3) is 4.97. The highest BCUT2D eigenvalue weighted by atomic mass is 35.5. The van der Waals surface area contributed by atoms with Gasteiger partial charge < -0.3 is 11.1 Å². The molecule has 1 amide bonds. The first-order valence-corrected chi connectivity index (χ1v) is 6.72.